The number of benzene rings is 1. The number of halogens is 1. The predicted molar refractivity (Wildman–Crippen MR) is 110 cm³/mol. The number of hydrogen-bond acceptors (Lipinski definition) is 8. The van der Waals surface area contributed by atoms with Crippen molar-refractivity contribution in [1.82, 2.24) is 24.8 Å². The zero-order valence-corrected chi connectivity index (χ0v) is 16.8. The fourth-order valence-corrected chi connectivity index (χ4v) is 3.03. The Balaban J connectivity index is 1.78. The molecular formula is C18H20ClN7O4. The Morgan fingerprint density at radius 3 is 2.70 bits per heavy atom. The maximum absolute atomic E-state index is 12.4. The van der Waals surface area contributed by atoms with Crippen LogP contribution in [0.1, 0.15) is 28.8 Å². The van der Waals surface area contributed by atoms with Gasteiger partial charge in [0.25, 0.3) is 5.91 Å². The van der Waals surface area contributed by atoms with E-state index in [1.165, 1.54) is 0 Å². The highest BCUT2D eigenvalue weighted by Crippen LogP contribution is 2.20. The number of nitrogens with zero attached hydrogens (tertiary/aromatic N) is 4. The van der Waals surface area contributed by atoms with E-state index in [2.05, 4.69) is 20.3 Å². The Morgan fingerprint density at radius 1 is 1.23 bits per heavy atom. The third-order valence-electron chi connectivity index (χ3n) is 4.23. The average Bonchev–Trinajstić information content (AvgIpc) is 3.05. The summed E-state index contributed by atoms with van der Waals surface area (Å²) in [7, 11) is 0. The van der Waals surface area contributed by atoms with Crippen molar-refractivity contribution in [3.63, 3.8) is 0 Å². The minimum absolute atomic E-state index is 0.0540. The molecule has 6 N–H and O–H groups in total. The predicted octanol–water partition coefficient (Wildman–Crippen LogP) is 1.20. The van der Waals surface area contributed by atoms with Crippen LogP contribution < -0.4 is 16.8 Å². The lowest BCUT2D eigenvalue weighted by molar-refractivity contribution is -0.142. The number of carboxylic acid groups (broad SMARTS) is 1. The second-order valence-corrected chi connectivity index (χ2v) is 6.66. The average molecular weight is 434 g/mol. The number of hydrogen-bond donors (Lipinski definition) is 4. The molecule has 2 aromatic heterocycles. The van der Waals surface area contributed by atoms with Gasteiger partial charge in [-0.1, -0.05) is 17.7 Å². The van der Waals surface area contributed by atoms with Gasteiger partial charge in [0.1, 0.15) is 12.4 Å². The first-order valence-corrected chi connectivity index (χ1v) is 9.32. The van der Waals surface area contributed by atoms with E-state index in [0.717, 1.165) is 16.6 Å². The zero-order chi connectivity index (χ0) is 21.8. The minimum atomic E-state index is -1.03. The number of rotatable bonds is 8. The molecule has 3 aromatic rings. The molecule has 0 atom stereocenters. The van der Waals surface area contributed by atoms with E-state index in [0.29, 0.717) is 12.4 Å². The summed E-state index contributed by atoms with van der Waals surface area (Å²) in [4.78, 5) is 35.3. The quantitative estimate of drug-likeness (QED) is 0.407. The van der Waals surface area contributed by atoms with Crippen molar-refractivity contribution in [3.05, 3.63) is 40.4 Å². The van der Waals surface area contributed by atoms with Gasteiger partial charge in [0.2, 0.25) is 0 Å². The summed E-state index contributed by atoms with van der Waals surface area (Å²) in [5, 5.41) is 11.3. The molecule has 158 valence electrons. The van der Waals surface area contributed by atoms with Crippen LogP contribution in [0.2, 0.25) is 5.15 Å². The fourth-order valence-electron chi connectivity index (χ4n) is 2.90. The molecule has 1 amide bonds. The second kappa shape index (κ2) is 8.93. The van der Waals surface area contributed by atoms with Crippen LogP contribution in [0.25, 0.3) is 11.0 Å². The number of nitrogens with one attached hydrogen (secondary N) is 1. The molecule has 0 aliphatic carbocycles. The number of imidazole rings is 1. The van der Waals surface area contributed by atoms with Crippen LogP contribution >= 0.6 is 11.6 Å². The monoisotopic (exact) mass is 433 g/mol. The van der Waals surface area contributed by atoms with Crippen molar-refractivity contribution in [3.8, 4) is 0 Å². The van der Waals surface area contributed by atoms with Crippen LogP contribution in [0.3, 0.4) is 0 Å². The van der Waals surface area contributed by atoms with Gasteiger partial charge in [-0.15, -0.1) is 0 Å². The first-order chi connectivity index (χ1) is 14.3. The van der Waals surface area contributed by atoms with E-state index in [1.807, 2.05) is 29.7 Å². The summed E-state index contributed by atoms with van der Waals surface area (Å²) >= 11 is 5.82. The highest BCUT2D eigenvalue weighted by Gasteiger charge is 2.17. The van der Waals surface area contributed by atoms with Gasteiger partial charge in [0.05, 0.1) is 24.2 Å². The Morgan fingerprint density at radius 2 is 2.00 bits per heavy atom. The summed E-state index contributed by atoms with van der Waals surface area (Å²) in [6.07, 6.45) is 0. The summed E-state index contributed by atoms with van der Waals surface area (Å²) in [6, 6.07) is 5.50. The molecule has 3 rings (SSSR count). The number of carbonyl (C=O) groups excluding carboxylic acids is 1. The third kappa shape index (κ3) is 4.58. The van der Waals surface area contributed by atoms with Gasteiger partial charge in [-0.2, -0.15) is 0 Å². The maximum atomic E-state index is 12.4. The number of anilines is 2. The molecular weight excluding hydrogens is 414 g/mol. The number of carbonyl (C=O) groups is 2. The van der Waals surface area contributed by atoms with Crippen molar-refractivity contribution in [2.24, 2.45) is 0 Å². The van der Waals surface area contributed by atoms with Crippen LogP contribution in [-0.2, 0) is 29.2 Å². The van der Waals surface area contributed by atoms with Crippen molar-refractivity contribution >= 4 is 46.1 Å². The minimum Gasteiger partial charge on any atom is -0.480 e. The SMILES string of the molecule is CCn1c(CNC(=O)c2nc(Cl)c(N)nc2N)nc2ccc(COCC(=O)O)cc21. The molecule has 0 saturated carbocycles. The fraction of sp³-hybridized carbons (Fsp3) is 0.278. The van der Waals surface area contributed by atoms with E-state index in [1.54, 1.807) is 0 Å². The first-order valence-electron chi connectivity index (χ1n) is 8.94. The molecule has 12 heteroatoms. The number of amides is 1. The maximum Gasteiger partial charge on any atom is 0.329 e. The van der Waals surface area contributed by atoms with Crippen molar-refractivity contribution in [2.45, 2.75) is 26.6 Å². The van der Waals surface area contributed by atoms with E-state index in [4.69, 9.17) is 32.9 Å². The largest absolute Gasteiger partial charge is 0.480 e. The molecule has 0 aliphatic rings. The van der Waals surface area contributed by atoms with Crippen LogP contribution in [0.5, 0.6) is 0 Å². The highest BCUT2D eigenvalue weighted by molar-refractivity contribution is 6.31. The normalized spacial score (nSPS) is 11.0. The zero-order valence-electron chi connectivity index (χ0n) is 16.1. The number of aryl methyl sites for hydroxylation is 1. The van der Waals surface area contributed by atoms with Crippen molar-refractivity contribution in [1.29, 1.82) is 0 Å². The summed E-state index contributed by atoms with van der Waals surface area (Å²) < 4.78 is 7.07. The van der Waals surface area contributed by atoms with E-state index in [-0.39, 0.29) is 42.2 Å². The Hall–Kier alpha value is -3.44. The molecule has 0 radical (unpaired) electrons. The molecule has 0 bridgehead atoms. The van der Waals surface area contributed by atoms with E-state index < -0.39 is 11.9 Å². The van der Waals surface area contributed by atoms with Gasteiger partial charge in [-0.25, -0.2) is 19.7 Å². The topological polar surface area (TPSA) is 171 Å². The number of nitrogens with two attached hydrogens (primary N) is 2. The third-order valence-corrected chi connectivity index (χ3v) is 4.51. The van der Waals surface area contributed by atoms with Crippen molar-refractivity contribution in [2.75, 3.05) is 18.1 Å². The van der Waals surface area contributed by atoms with Gasteiger partial charge in [-0.05, 0) is 24.6 Å². The van der Waals surface area contributed by atoms with Crippen LogP contribution in [-0.4, -0.2) is 43.1 Å². The van der Waals surface area contributed by atoms with Gasteiger partial charge in [-0.3, -0.25) is 4.79 Å². The Labute approximate surface area is 176 Å². The highest BCUT2D eigenvalue weighted by atomic mass is 35.5. The molecule has 0 fully saturated rings. The Kier molecular flexibility index (Phi) is 6.33. The first kappa shape index (κ1) is 21.3. The molecule has 30 heavy (non-hydrogen) atoms. The van der Waals surface area contributed by atoms with Gasteiger partial charge < -0.3 is 31.2 Å². The lowest BCUT2D eigenvalue weighted by atomic mass is 10.2. The van der Waals surface area contributed by atoms with Gasteiger partial charge in [0, 0.05) is 6.54 Å². The van der Waals surface area contributed by atoms with Gasteiger partial charge in [0.15, 0.2) is 22.5 Å². The lowest BCUT2D eigenvalue weighted by Gasteiger charge is -2.09. The molecule has 0 saturated heterocycles. The number of fused-ring (bicyclic) bond motifs is 1. The number of carboxylic acids is 1. The summed E-state index contributed by atoms with van der Waals surface area (Å²) in [6.45, 7) is 2.47. The Bertz CT molecular complexity index is 1120. The number of aliphatic carboxylic acids is 1. The lowest BCUT2D eigenvalue weighted by Crippen LogP contribution is -2.27. The van der Waals surface area contributed by atoms with Crippen LogP contribution in [0.4, 0.5) is 11.6 Å². The molecule has 2 heterocycles. The molecule has 1 aromatic carbocycles. The molecule has 0 unspecified atom stereocenters. The summed E-state index contributed by atoms with van der Waals surface area (Å²) in [5.41, 5.74) is 13.5. The number of aromatic nitrogens is 4. The van der Waals surface area contributed by atoms with Crippen molar-refractivity contribution < 1.29 is 19.4 Å². The second-order valence-electron chi connectivity index (χ2n) is 6.30. The number of nitrogen functional groups attached to an aromatic ring is 2. The van der Waals surface area contributed by atoms with Crippen LogP contribution in [0.15, 0.2) is 18.2 Å². The standard InChI is InChI=1S/C18H20ClN7O4/c1-2-26-11-5-9(7-30-8-13(27)28)3-4-10(11)23-12(26)6-22-18(29)14-16(20)25-17(21)15(19)24-14/h3-5H,2,6-8H2,1H3,(H,22,29)(H,27,28)(H4,20,21,25). The van der Waals surface area contributed by atoms with Gasteiger partial charge >= 0.3 is 5.97 Å². The number of ether oxygens (including phenoxy) is 1. The smallest absolute Gasteiger partial charge is 0.329 e. The van der Waals surface area contributed by atoms with Crippen LogP contribution in [0, 0.1) is 0 Å². The van der Waals surface area contributed by atoms with E-state index in [9.17, 15) is 9.59 Å². The summed E-state index contributed by atoms with van der Waals surface area (Å²) in [5.74, 6) is -1.14. The molecule has 0 spiro atoms. The van der Waals surface area contributed by atoms with E-state index >= 15 is 0 Å². The molecule has 11 nitrogen and oxygen atoms in total. The molecule has 0 aliphatic heterocycles.